The summed E-state index contributed by atoms with van der Waals surface area (Å²) >= 11 is 11.9. The minimum absolute atomic E-state index is 0.106. The highest BCUT2D eigenvalue weighted by Crippen LogP contribution is 2.23. The van der Waals surface area contributed by atoms with Gasteiger partial charge in [-0.2, -0.15) is 5.10 Å². The first-order valence-electron chi connectivity index (χ1n) is 8.45. The van der Waals surface area contributed by atoms with Gasteiger partial charge in [0.1, 0.15) is 5.82 Å². The Hall–Kier alpha value is -2.37. The maximum Gasteiger partial charge on any atom is 0.253 e. The largest absolute Gasteiger partial charge is 0.342 e. The number of carbonyl (C=O) groups excluding carboxylic acids is 1. The second-order valence-electron chi connectivity index (χ2n) is 6.24. The minimum Gasteiger partial charge on any atom is -0.342 e. The smallest absolute Gasteiger partial charge is 0.253 e. The molecule has 0 saturated heterocycles. The first-order chi connectivity index (χ1) is 12.9. The Morgan fingerprint density at radius 2 is 1.85 bits per heavy atom. The van der Waals surface area contributed by atoms with Gasteiger partial charge in [-0.05, 0) is 61.4 Å². The zero-order valence-corrected chi connectivity index (χ0v) is 16.2. The van der Waals surface area contributed by atoms with Crippen LogP contribution in [0.3, 0.4) is 0 Å². The number of hydrogen-bond donors (Lipinski definition) is 1. The number of carbonyl (C=O) groups is 1. The number of aromatic nitrogens is 2. The van der Waals surface area contributed by atoms with Gasteiger partial charge < -0.3 is 4.90 Å². The van der Waals surface area contributed by atoms with Crippen molar-refractivity contribution in [3.05, 3.63) is 75.7 Å². The van der Waals surface area contributed by atoms with Crippen LogP contribution in [-0.2, 0) is 6.42 Å². The Bertz CT molecular complexity index is 941. The predicted octanol–water partition coefficient (Wildman–Crippen LogP) is 5.23. The molecule has 2 aromatic carbocycles. The van der Waals surface area contributed by atoms with Gasteiger partial charge in [0.15, 0.2) is 0 Å². The van der Waals surface area contributed by atoms with Crippen molar-refractivity contribution >= 4 is 29.1 Å². The first kappa shape index (κ1) is 19.4. The van der Waals surface area contributed by atoms with Crippen molar-refractivity contribution in [3.8, 4) is 11.3 Å². The van der Waals surface area contributed by atoms with Gasteiger partial charge in [-0.25, -0.2) is 4.39 Å². The number of halogens is 3. The van der Waals surface area contributed by atoms with Crippen LogP contribution in [-0.4, -0.2) is 34.6 Å². The van der Waals surface area contributed by atoms with Crippen molar-refractivity contribution in [2.45, 2.75) is 12.8 Å². The van der Waals surface area contributed by atoms with E-state index in [0.717, 1.165) is 29.8 Å². The third-order valence-electron chi connectivity index (χ3n) is 4.22. The van der Waals surface area contributed by atoms with Crippen LogP contribution >= 0.6 is 23.2 Å². The van der Waals surface area contributed by atoms with Gasteiger partial charge >= 0.3 is 0 Å². The lowest BCUT2D eigenvalue weighted by molar-refractivity contribution is 0.0793. The van der Waals surface area contributed by atoms with Crippen molar-refractivity contribution in [2.75, 3.05) is 13.6 Å². The molecule has 0 radical (unpaired) electrons. The summed E-state index contributed by atoms with van der Waals surface area (Å²) in [4.78, 5) is 14.1. The predicted molar refractivity (Wildman–Crippen MR) is 106 cm³/mol. The van der Waals surface area contributed by atoms with Gasteiger partial charge in [0.25, 0.3) is 5.91 Å². The molecule has 1 N–H and O–H groups in total. The standard InChI is InChI=1S/C20H18Cl2FN3O/c1-26(20(27)14-6-9-17(21)18(22)11-14)10-2-3-16-12-19(25-24-16)13-4-7-15(23)8-5-13/h4-9,11-12H,2-3,10H2,1H3,(H,24,25). The van der Waals surface area contributed by atoms with Crippen molar-refractivity contribution in [1.29, 1.82) is 0 Å². The van der Waals surface area contributed by atoms with Crippen molar-refractivity contribution in [3.63, 3.8) is 0 Å². The Morgan fingerprint density at radius 1 is 1.11 bits per heavy atom. The summed E-state index contributed by atoms with van der Waals surface area (Å²) in [6, 6.07) is 13.0. The van der Waals surface area contributed by atoms with E-state index in [1.165, 1.54) is 12.1 Å². The molecule has 1 heterocycles. The normalized spacial score (nSPS) is 10.8. The molecule has 1 amide bonds. The monoisotopic (exact) mass is 405 g/mol. The van der Waals surface area contributed by atoms with Crippen LogP contribution in [0.2, 0.25) is 10.0 Å². The van der Waals surface area contributed by atoms with Crippen LogP contribution in [0.15, 0.2) is 48.5 Å². The van der Waals surface area contributed by atoms with E-state index in [-0.39, 0.29) is 11.7 Å². The van der Waals surface area contributed by atoms with Crippen LogP contribution in [0.1, 0.15) is 22.5 Å². The molecule has 3 rings (SSSR count). The number of amides is 1. The topological polar surface area (TPSA) is 49.0 Å². The summed E-state index contributed by atoms with van der Waals surface area (Å²) in [5.74, 6) is -0.380. The number of benzene rings is 2. The summed E-state index contributed by atoms with van der Waals surface area (Å²) < 4.78 is 13.0. The number of rotatable bonds is 6. The fraction of sp³-hybridized carbons (Fsp3) is 0.200. The number of H-pyrrole nitrogens is 1. The van der Waals surface area contributed by atoms with Gasteiger partial charge in [-0.1, -0.05) is 23.2 Å². The summed E-state index contributed by atoms with van der Waals surface area (Å²) in [6.07, 6.45) is 1.52. The highest BCUT2D eigenvalue weighted by Gasteiger charge is 2.13. The minimum atomic E-state index is -0.274. The number of nitrogens with one attached hydrogen (secondary N) is 1. The molecule has 0 spiro atoms. The summed E-state index contributed by atoms with van der Waals surface area (Å²) in [7, 11) is 1.75. The maximum absolute atomic E-state index is 13.0. The summed E-state index contributed by atoms with van der Waals surface area (Å²) in [6.45, 7) is 0.587. The van der Waals surface area contributed by atoms with E-state index in [9.17, 15) is 9.18 Å². The Labute approximate surface area is 166 Å². The molecule has 0 saturated carbocycles. The molecule has 3 aromatic rings. The highest BCUT2D eigenvalue weighted by molar-refractivity contribution is 6.42. The summed E-state index contributed by atoms with van der Waals surface area (Å²) in [5.41, 5.74) is 3.09. The third kappa shape index (κ3) is 4.87. The molecule has 7 heteroatoms. The Kier molecular flexibility index (Phi) is 6.14. The van der Waals surface area contributed by atoms with Gasteiger partial charge in [-0.15, -0.1) is 0 Å². The van der Waals surface area contributed by atoms with E-state index in [0.29, 0.717) is 22.2 Å². The number of nitrogens with zero attached hydrogens (tertiary/aromatic N) is 2. The SMILES string of the molecule is CN(CCCc1cc(-c2ccc(F)cc2)n[nH]1)C(=O)c1ccc(Cl)c(Cl)c1. The van der Waals surface area contributed by atoms with Gasteiger partial charge in [0.2, 0.25) is 0 Å². The van der Waals surface area contributed by atoms with E-state index in [2.05, 4.69) is 10.2 Å². The average Bonchev–Trinajstić information content (AvgIpc) is 3.12. The molecule has 0 aliphatic rings. The molecule has 0 aliphatic carbocycles. The second kappa shape index (κ2) is 8.55. The molecule has 27 heavy (non-hydrogen) atoms. The van der Waals surface area contributed by atoms with Crippen LogP contribution in [0.25, 0.3) is 11.3 Å². The van der Waals surface area contributed by atoms with Gasteiger partial charge in [-0.3, -0.25) is 9.89 Å². The molecule has 1 aromatic heterocycles. The van der Waals surface area contributed by atoms with E-state index in [1.807, 2.05) is 6.07 Å². The summed E-state index contributed by atoms with van der Waals surface area (Å²) in [5, 5.41) is 8.03. The molecular formula is C20H18Cl2FN3O. The van der Waals surface area contributed by atoms with E-state index in [4.69, 9.17) is 23.2 Å². The van der Waals surface area contributed by atoms with Crippen molar-refractivity contribution in [1.82, 2.24) is 15.1 Å². The van der Waals surface area contributed by atoms with Gasteiger partial charge in [0.05, 0.1) is 15.7 Å². The fourth-order valence-corrected chi connectivity index (χ4v) is 3.01. The van der Waals surface area contributed by atoms with Gasteiger partial charge in [0, 0.05) is 30.4 Å². The Morgan fingerprint density at radius 3 is 2.56 bits per heavy atom. The van der Waals surface area contributed by atoms with Crippen LogP contribution in [0.5, 0.6) is 0 Å². The van der Waals surface area contributed by atoms with Crippen LogP contribution in [0, 0.1) is 5.82 Å². The molecule has 0 aliphatic heterocycles. The van der Waals surface area contributed by atoms with Crippen LogP contribution in [0.4, 0.5) is 4.39 Å². The molecule has 4 nitrogen and oxygen atoms in total. The molecule has 0 atom stereocenters. The Balaban J connectivity index is 1.54. The fourth-order valence-electron chi connectivity index (χ4n) is 2.72. The maximum atomic E-state index is 13.0. The quantitative estimate of drug-likeness (QED) is 0.610. The third-order valence-corrected chi connectivity index (χ3v) is 4.96. The second-order valence-corrected chi connectivity index (χ2v) is 7.06. The van der Waals surface area contributed by atoms with E-state index in [1.54, 1.807) is 42.3 Å². The number of hydrogen-bond acceptors (Lipinski definition) is 2. The van der Waals surface area contributed by atoms with E-state index < -0.39 is 0 Å². The zero-order valence-electron chi connectivity index (χ0n) is 14.7. The molecular weight excluding hydrogens is 388 g/mol. The van der Waals surface area contributed by atoms with Crippen LogP contribution < -0.4 is 0 Å². The molecule has 0 unspecified atom stereocenters. The highest BCUT2D eigenvalue weighted by atomic mass is 35.5. The van der Waals surface area contributed by atoms with E-state index >= 15 is 0 Å². The lowest BCUT2D eigenvalue weighted by atomic mass is 10.1. The zero-order chi connectivity index (χ0) is 19.4. The first-order valence-corrected chi connectivity index (χ1v) is 9.20. The number of aromatic amines is 1. The average molecular weight is 406 g/mol. The number of aryl methyl sites for hydroxylation is 1. The molecule has 0 bridgehead atoms. The lowest BCUT2D eigenvalue weighted by Gasteiger charge is -2.17. The lowest BCUT2D eigenvalue weighted by Crippen LogP contribution is -2.28. The molecule has 140 valence electrons. The molecule has 0 fully saturated rings. The van der Waals surface area contributed by atoms with Crippen molar-refractivity contribution in [2.24, 2.45) is 0 Å². The van der Waals surface area contributed by atoms with Crippen molar-refractivity contribution < 1.29 is 9.18 Å².